The van der Waals surface area contributed by atoms with E-state index in [1.54, 1.807) is 0 Å². The van der Waals surface area contributed by atoms with E-state index in [9.17, 15) is 0 Å². The minimum Gasteiger partial charge on any atom is -0.381 e. The van der Waals surface area contributed by atoms with Gasteiger partial charge >= 0.3 is 0 Å². The largest absolute Gasteiger partial charge is 0.381 e. The van der Waals surface area contributed by atoms with Gasteiger partial charge < -0.3 is 5.32 Å². The molecule has 1 aliphatic carbocycles. The van der Waals surface area contributed by atoms with Crippen LogP contribution in [0.2, 0.25) is 0 Å². The lowest BCUT2D eigenvalue weighted by Gasteiger charge is -2.09. The summed E-state index contributed by atoms with van der Waals surface area (Å²) in [6.45, 7) is 3.04. The molecule has 3 rings (SSSR count). The van der Waals surface area contributed by atoms with Crippen molar-refractivity contribution >= 4 is 5.69 Å². The van der Waals surface area contributed by atoms with Gasteiger partial charge in [-0.2, -0.15) is 0 Å². The smallest absolute Gasteiger partial charge is 0.0400 e. The molecular formula is C17H19N. The molecule has 1 saturated carbocycles. The lowest BCUT2D eigenvalue weighted by atomic mass is 10.1. The molecule has 18 heavy (non-hydrogen) atoms. The molecule has 1 aliphatic rings. The van der Waals surface area contributed by atoms with E-state index in [4.69, 9.17) is 0 Å². The Morgan fingerprint density at radius 2 is 1.72 bits per heavy atom. The summed E-state index contributed by atoms with van der Waals surface area (Å²) in [5, 5.41) is 3.49. The van der Waals surface area contributed by atoms with Gasteiger partial charge in [-0.05, 0) is 48.4 Å². The van der Waals surface area contributed by atoms with Crippen molar-refractivity contribution in [3.8, 4) is 0 Å². The SMILES string of the molecule is Cc1ccccc1NCc1ccc(C2CC2)cc1. The van der Waals surface area contributed by atoms with Crippen LogP contribution >= 0.6 is 0 Å². The monoisotopic (exact) mass is 237 g/mol. The van der Waals surface area contributed by atoms with Gasteiger partial charge in [0.2, 0.25) is 0 Å². The highest BCUT2D eigenvalue weighted by Crippen LogP contribution is 2.39. The minimum absolute atomic E-state index is 0.850. The standard InChI is InChI=1S/C17H19N/c1-13-4-2-3-5-17(13)18-12-14-6-8-15(9-7-14)16-10-11-16/h2-9,16,18H,10-12H2,1H3. The lowest BCUT2D eigenvalue weighted by molar-refractivity contribution is 1.10. The highest BCUT2D eigenvalue weighted by Gasteiger charge is 2.22. The predicted molar refractivity (Wildman–Crippen MR) is 76.9 cm³/mol. The molecule has 0 heterocycles. The van der Waals surface area contributed by atoms with Crippen LogP contribution in [0.1, 0.15) is 35.4 Å². The Hall–Kier alpha value is -1.76. The average molecular weight is 237 g/mol. The maximum atomic E-state index is 3.49. The summed E-state index contributed by atoms with van der Waals surface area (Å²) in [6, 6.07) is 17.5. The molecule has 0 spiro atoms. The molecule has 0 saturated heterocycles. The molecule has 1 N–H and O–H groups in total. The Morgan fingerprint density at radius 3 is 2.39 bits per heavy atom. The van der Waals surface area contributed by atoms with Crippen molar-refractivity contribution in [1.82, 2.24) is 0 Å². The molecule has 0 aromatic heterocycles. The van der Waals surface area contributed by atoms with Crippen LogP contribution in [0, 0.1) is 6.92 Å². The second kappa shape index (κ2) is 4.85. The first-order valence-electron chi connectivity index (χ1n) is 6.71. The zero-order valence-electron chi connectivity index (χ0n) is 10.8. The summed E-state index contributed by atoms with van der Waals surface area (Å²) >= 11 is 0. The summed E-state index contributed by atoms with van der Waals surface area (Å²) in [6.07, 6.45) is 2.75. The first-order valence-corrected chi connectivity index (χ1v) is 6.71. The number of hydrogen-bond donors (Lipinski definition) is 1. The highest BCUT2D eigenvalue weighted by atomic mass is 14.9. The van der Waals surface area contributed by atoms with Gasteiger partial charge in [0.05, 0.1) is 0 Å². The first-order chi connectivity index (χ1) is 8.83. The van der Waals surface area contributed by atoms with Crippen molar-refractivity contribution < 1.29 is 0 Å². The number of aryl methyl sites for hydroxylation is 1. The third-order valence-electron chi connectivity index (χ3n) is 3.66. The molecule has 1 heteroatoms. The quantitative estimate of drug-likeness (QED) is 0.826. The van der Waals surface area contributed by atoms with Crippen molar-refractivity contribution in [1.29, 1.82) is 0 Å². The van der Waals surface area contributed by atoms with Crippen LogP contribution in [0.3, 0.4) is 0 Å². The third kappa shape index (κ3) is 2.56. The molecule has 0 amide bonds. The second-order valence-corrected chi connectivity index (χ2v) is 5.18. The van der Waals surface area contributed by atoms with E-state index in [1.165, 1.54) is 35.2 Å². The van der Waals surface area contributed by atoms with Gasteiger partial charge in [-0.3, -0.25) is 0 Å². The van der Waals surface area contributed by atoms with Crippen molar-refractivity contribution in [2.75, 3.05) is 5.32 Å². The van der Waals surface area contributed by atoms with E-state index in [-0.39, 0.29) is 0 Å². The van der Waals surface area contributed by atoms with Gasteiger partial charge in [-0.1, -0.05) is 42.5 Å². The van der Waals surface area contributed by atoms with Gasteiger partial charge in [-0.25, -0.2) is 0 Å². The molecule has 0 bridgehead atoms. The zero-order chi connectivity index (χ0) is 12.4. The Balaban J connectivity index is 1.64. The summed E-state index contributed by atoms with van der Waals surface area (Å²) < 4.78 is 0. The Bertz CT molecular complexity index is 524. The number of nitrogens with one attached hydrogen (secondary N) is 1. The van der Waals surface area contributed by atoms with E-state index in [0.29, 0.717) is 0 Å². The first kappa shape index (κ1) is 11.3. The van der Waals surface area contributed by atoms with Crippen LogP contribution in [-0.2, 0) is 6.54 Å². The molecule has 0 unspecified atom stereocenters. The molecule has 1 fully saturated rings. The molecule has 2 aromatic carbocycles. The van der Waals surface area contributed by atoms with Gasteiger partial charge in [-0.15, -0.1) is 0 Å². The van der Waals surface area contributed by atoms with Gasteiger partial charge in [0.1, 0.15) is 0 Å². The normalized spacial score (nSPS) is 14.5. The topological polar surface area (TPSA) is 12.0 Å². The molecular weight excluding hydrogens is 218 g/mol. The van der Waals surface area contributed by atoms with E-state index >= 15 is 0 Å². The number of hydrogen-bond acceptors (Lipinski definition) is 1. The summed E-state index contributed by atoms with van der Waals surface area (Å²) in [4.78, 5) is 0. The Labute approximate surface area is 109 Å². The predicted octanol–water partition coefficient (Wildman–Crippen LogP) is 4.48. The maximum Gasteiger partial charge on any atom is 0.0400 e. The second-order valence-electron chi connectivity index (χ2n) is 5.18. The lowest BCUT2D eigenvalue weighted by Crippen LogP contribution is -2.00. The van der Waals surface area contributed by atoms with Crippen molar-refractivity contribution in [2.45, 2.75) is 32.2 Å². The van der Waals surface area contributed by atoms with Crippen LogP contribution in [0.15, 0.2) is 48.5 Å². The van der Waals surface area contributed by atoms with Crippen LogP contribution in [0.4, 0.5) is 5.69 Å². The van der Waals surface area contributed by atoms with E-state index in [0.717, 1.165) is 12.5 Å². The average Bonchev–Trinajstić information content (AvgIpc) is 3.23. The molecule has 0 aliphatic heterocycles. The van der Waals surface area contributed by atoms with Gasteiger partial charge in [0.15, 0.2) is 0 Å². The van der Waals surface area contributed by atoms with Crippen LogP contribution in [-0.4, -0.2) is 0 Å². The third-order valence-corrected chi connectivity index (χ3v) is 3.66. The zero-order valence-corrected chi connectivity index (χ0v) is 10.8. The number of para-hydroxylation sites is 1. The van der Waals surface area contributed by atoms with Crippen molar-refractivity contribution in [3.63, 3.8) is 0 Å². The fraction of sp³-hybridized carbons (Fsp3) is 0.294. The Morgan fingerprint density at radius 1 is 1.00 bits per heavy atom. The van der Waals surface area contributed by atoms with Crippen molar-refractivity contribution in [3.05, 3.63) is 65.2 Å². The summed E-state index contributed by atoms with van der Waals surface area (Å²) in [7, 11) is 0. The summed E-state index contributed by atoms with van der Waals surface area (Å²) in [5.74, 6) is 0.850. The van der Waals surface area contributed by atoms with Crippen LogP contribution in [0.25, 0.3) is 0 Å². The van der Waals surface area contributed by atoms with Crippen LogP contribution in [0.5, 0.6) is 0 Å². The number of benzene rings is 2. The van der Waals surface area contributed by atoms with Crippen LogP contribution < -0.4 is 5.32 Å². The van der Waals surface area contributed by atoms with Gasteiger partial charge in [0.25, 0.3) is 0 Å². The summed E-state index contributed by atoms with van der Waals surface area (Å²) in [5.41, 5.74) is 5.38. The Kier molecular flexibility index (Phi) is 3.06. The fourth-order valence-corrected chi connectivity index (χ4v) is 2.29. The number of anilines is 1. The van der Waals surface area contributed by atoms with Crippen molar-refractivity contribution in [2.24, 2.45) is 0 Å². The minimum atomic E-state index is 0.850. The maximum absolute atomic E-state index is 3.49. The molecule has 1 nitrogen and oxygen atoms in total. The molecule has 0 atom stereocenters. The molecule has 0 radical (unpaired) electrons. The highest BCUT2D eigenvalue weighted by molar-refractivity contribution is 5.50. The van der Waals surface area contributed by atoms with E-state index in [1.807, 2.05) is 0 Å². The van der Waals surface area contributed by atoms with Gasteiger partial charge in [0, 0.05) is 12.2 Å². The molecule has 92 valence electrons. The van der Waals surface area contributed by atoms with E-state index in [2.05, 4.69) is 60.8 Å². The van der Waals surface area contributed by atoms with E-state index < -0.39 is 0 Å². The molecule has 2 aromatic rings. The fourth-order valence-electron chi connectivity index (χ4n) is 2.29. The number of rotatable bonds is 4.